The van der Waals surface area contributed by atoms with E-state index in [4.69, 9.17) is 0 Å². The van der Waals surface area contributed by atoms with Crippen molar-refractivity contribution in [2.24, 2.45) is 0 Å². The molecule has 0 aliphatic heterocycles. The number of hydrogen-bond donors (Lipinski definition) is 1. The average molecular weight is 173 g/mol. The normalized spacial score (nSPS) is 12.6. The van der Waals surface area contributed by atoms with Crippen LogP contribution in [0.4, 0.5) is 0 Å². The highest BCUT2D eigenvalue weighted by Gasteiger charge is 2.02. The Morgan fingerprint density at radius 2 is 2.25 bits per heavy atom. The summed E-state index contributed by atoms with van der Waals surface area (Å²) in [6.45, 7) is 4.99. The van der Waals surface area contributed by atoms with E-state index in [2.05, 4.69) is 23.9 Å². The van der Waals surface area contributed by atoms with Gasteiger partial charge in [0.1, 0.15) is 0 Å². The monoisotopic (exact) mass is 173 g/mol. The smallest absolute Gasteiger partial charge is 0.306 e. The van der Waals surface area contributed by atoms with Gasteiger partial charge in [0.25, 0.3) is 0 Å². The third-order valence-electron chi connectivity index (χ3n) is 1.77. The van der Waals surface area contributed by atoms with E-state index in [9.17, 15) is 4.79 Å². The van der Waals surface area contributed by atoms with E-state index in [-0.39, 0.29) is 5.97 Å². The first kappa shape index (κ1) is 11.4. The van der Waals surface area contributed by atoms with E-state index in [0.717, 1.165) is 6.42 Å². The molecule has 0 unspecified atom stereocenters. The lowest BCUT2D eigenvalue weighted by Crippen LogP contribution is -2.28. The maximum atomic E-state index is 10.7. The van der Waals surface area contributed by atoms with Gasteiger partial charge in [0.15, 0.2) is 0 Å². The molecule has 0 aromatic carbocycles. The lowest BCUT2D eigenvalue weighted by molar-refractivity contribution is -0.140. The van der Waals surface area contributed by atoms with Gasteiger partial charge in [0.05, 0.1) is 13.5 Å². The molecule has 0 spiro atoms. The Kier molecular flexibility index (Phi) is 6.76. The second kappa shape index (κ2) is 7.10. The minimum atomic E-state index is -0.147. The quantitative estimate of drug-likeness (QED) is 0.616. The highest BCUT2D eigenvalue weighted by atomic mass is 16.5. The minimum Gasteiger partial charge on any atom is -0.469 e. The largest absolute Gasteiger partial charge is 0.469 e. The van der Waals surface area contributed by atoms with Gasteiger partial charge in [0.2, 0.25) is 0 Å². The van der Waals surface area contributed by atoms with E-state index in [1.807, 2.05) is 0 Å². The molecule has 0 saturated carbocycles. The van der Waals surface area contributed by atoms with Crippen molar-refractivity contribution in [1.29, 1.82) is 0 Å². The molecule has 0 fully saturated rings. The maximum absolute atomic E-state index is 10.7. The van der Waals surface area contributed by atoms with Crippen LogP contribution in [0.25, 0.3) is 0 Å². The molecule has 0 aromatic heterocycles. The molecule has 0 aliphatic carbocycles. The van der Waals surface area contributed by atoms with Crippen LogP contribution in [0.3, 0.4) is 0 Å². The molecule has 0 saturated heterocycles. The van der Waals surface area contributed by atoms with Gasteiger partial charge in [-0.1, -0.05) is 13.3 Å². The lowest BCUT2D eigenvalue weighted by Gasteiger charge is -2.11. The zero-order chi connectivity index (χ0) is 9.40. The molecule has 3 nitrogen and oxygen atoms in total. The summed E-state index contributed by atoms with van der Waals surface area (Å²) < 4.78 is 4.51. The summed E-state index contributed by atoms with van der Waals surface area (Å²) >= 11 is 0. The highest BCUT2D eigenvalue weighted by molar-refractivity contribution is 5.69. The number of methoxy groups -OCH3 is 1. The predicted molar refractivity (Wildman–Crippen MR) is 49.0 cm³/mol. The van der Waals surface area contributed by atoms with Gasteiger partial charge in [-0.2, -0.15) is 0 Å². The van der Waals surface area contributed by atoms with Crippen LogP contribution in [0.15, 0.2) is 0 Å². The molecule has 0 bridgehead atoms. The number of esters is 1. The Labute approximate surface area is 74.5 Å². The molecule has 0 amide bonds. The number of carbonyl (C=O) groups is 1. The highest BCUT2D eigenvalue weighted by Crippen LogP contribution is 1.94. The summed E-state index contributed by atoms with van der Waals surface area (Å²) in [5.41, 5.74) is 0. The third-order valence-corrected chi connectivity index (χ3v) is 1.77. The second-order valence-corrected chi connectivity index (χ2v) is 2.97. The summed E-state index contributed by atoms with van der Waals surface area (Å²) in [5, 5.41) is 3.25. The van der Waals surface area contributed by atoms with E-state index < -0.39 is 0 Å². The SMILES string of the molecule is CCC[C@@H](C)NCCC(=O)OC. The van der Waals surface area contributed by atoms with Crippen LogP contribution in [0.5, 0.6) is 0 Å². The van der Waals surface area contributed by atoms with Crippen LogP contribution in [-0.4, -0.2) is 25.7 Å². The summed E-state index contributed by atoms with van der Waals surface area (Å²) in [6, 6.07) is 0.500. The molecule has 0 aromatic rings. The first-order chi connectivity index (χ1) is 5.70. The molecule has 3 heteroatoms. The Hall–Kier alpha value is -0.570. The molecule has 12 heavy (non-hydrogen) atoms. The topological polar surface area (TPSA) is 38.3 Å². The number of rotatable bonds is 6. The van der Waals surface area contributed by atoms with Crippen molar-refractivity contribution >= 4 is 5.97 Å². The van der Waals surface area contributed by atoms with Gasteiger partial charge in [-0.15, -0.1) is 0 Å². The fourth-order valence-corrected chi connectivity index (χ4v) is 1.06. The molecule has 0 aliphatic rings. The van der Waals surface area contributed by atoms with Crippen molar-refractivity contribution in [3.8, 4) is 0 Å². The van der Waals surface area contributed by atoms with Crippen molar-refractivity contribution in [3.05, 3.63) is 0 Å². The van der Waals surface area contributed by atoms with Gasteiger partial charge in [-0.3, -0.25) is 4.79 Å². The first-order valence-corrected chi connectivity index (χ1v) is 4.50. The van der Waals surface area contributed by atoms with E-state index in [1.54, 1.807) is 0 Å². The summed E-state index contributed by atoms with van der Waals surface area (Å²) in [5.74, 6) is -0.147. The zero-order valence-corrected chi connectivity index (χ0v) is 8.22. The van der Waals surface area contributed by atoms with Gasteiger partial charge in [-0.25, -0.2) is 0 Å². The summed E-state index contributed by atoms with van der Waals surface area (Å²) in [7, 11) is 1.41. The Morgan fingerprint density at radius 1 is 1.58 bits per heavy atom. The standard InChI is InChI=1S/C9H19NO2/c1-4-5-8(2)10-7-6-9(11)12-3/h8,10H,4-7H2,1-3H3/t8-/m1/s1. The van der Waals surface area contributed by atoms with Crippen LogP contribution >= 0.6 is 0 Å². The second-order valence-electron chi connectivity index (χ2n) is 2.97. The van der Waals surface area contributed by atoms with Crippen molar-refractivity contribution in [2.75, 3.05) is 13.7 Å². The maximum Gasteiger partial charge on any atom is 0.306 e. The Morgan fingerprint density at radius 3 is 2.75 bits per heavy atom. The lowest BCUT2D eigenvalue weighted by atomic mass is 10.2. The molecule has 72 valence electrons. The van der Waals surface area contributed by atoms with Crippen molar-refractivity contribution in [3.63, 3.8) is 0 Å². The Balaban J connectivity index is 3.24. The molecule has 1 atom stereocenters. The summed E-state index contributed by atoms with van der Waals surface area (Å²) in [4.78, 5) is 10.7. The third kappa shape index (κ3) is 6.16. The van der Waals surface area contributed by atoms with Crippen molar-refractivity contribution < 1.29 is 9.53 Å². The predicted octanol–water partition coefficient (Wildman–Crippen LogP) is 1.33. The van der Waals surface area contributed by atoms with Crippen LogP contribution in [0.1, 0.15) is 33.1 Å². The Bertz CT molecular complexity index is 126. The fraction of sp³-hybridized carbons (Fsp3) is 0.889. The van der Waals surface area contributed by atoms with Crippen LogP contribution in [0.2, 0.25) is 0 Å². The summed E-state index contributed by atoms with van der Waals surface area (Å²) in [6.07, 6.45) is 2.79. The molecule has 0 radical (unpaired) electrons. The van der Waals surface area contributed by atoms with Crippen LogP contribution in [-0.2, 0) is 9.53 Å². The van der Waals surface area contributed by atoms with Crippen LogP contribution < -0.4 is 5.32 Å². The first-order valence-electron chi connectivity index (χ1n) is 4.50. The number of nitrogens with one attached hydrogen (secondary N) is 1. The van der Waals surface area contributed by atoms with Gasteiger partial charge in [0, 0.05) is 12.6 Å². The van der Waals surface area contributed by atoms with Gasteiger partial charge < -0.3 is 10.1 Å². The van der Waals surface area contributed by atoms with Gasteiger partial charge >= 0.3 is 5.97 Å². The fourth-order valence-electron chi connectivity index (χ4n) is 1.06. The molecule has 1 N–H and O–H groups in total. The van der Waals surface area contributed by atoms with E-state index in [0.29, 0.717) is 19.0 Å². The van der Waals surface area contributed by atoms with E-state index in [1.165, 1.54) is 13.5 Å². The van der Waals surface area contributed by atoms with E-state index >= 15 is 0 Å². The van der Waals surface area contributed by atoms with Gasteiger partial charge in [-0.05, 0) is 13.3 Å². The number of carbonyl (C=O) groups excluding carboxylic acids is 1. The zero-order valence-electron chi connectivity index (χ0n) is 8.22. The average Bonchev–Trinajstić information content (AvgIpc) is 2.04. The van der Waals surface area contributed by atoms with Crippen LogP contribution in [0, 0.1) is 0 Å². The minimum absolute atomic E-state index is 0.147. The molecule has 0 heterocycles. The molecular formula is C9H19NO2. The van der Waals surface area contributed by atoms with Crippen molar-refractivity contribution in [1.82, 2.24) is 5.32 Å². The number of hydrogen-bond acceptors (Lipinski definition) is 3. The molecule has 0 rings (SSSR count). The number of ether oxygens (including phenoxy) is 1. The molecular weight excluding hydrogens is 154 g/mol. The van der Waals surface area contributed by atoms with Crippen molar-refractivity contribution in [2.45, 2.75) is 39.2 Å².